The van der Waals surface area contributed by atoms with E-state index in [1.165, 1.54) is 15.8 Å². The first kappa shape index (κ1) is 22.7. The average Bonchev–Trinajstić information content (AvgIpc) is 3.17. The van der Waals surface area contributed by atoms with E-state index in [0.717, 1.165) is 29.3 Å². The van der Waals surface area contributed by atoms with Crippen LogP contribution in [0.15, 0.2) is 41.3 Å². The number of benzene rings is 2. The number of aryl methyl sites for hydroxylation is 3. The van der Waals surface area contributed by atoms with Gasteiger partial charge in [0, 0.05) is 32.6 Å². The third-order valence-electron chi connectivity index (χ3n) is 6.08. The Morgan fingerprint density at radius 2 is 1.66 bits per heavy atom. The second-order valence-electron chi connectivity index (χ2n) is 8.50. The Morgan fingerprint density at radius 3 is 2.34 bits per heavy atom. The minimum Gasteiger partial charge on any atom is -0.345 e. The maximum atomic E-state index is 12.6. The number of anilines is 1. The fraction of sp³-hybridized carbons (Fsp3) is 0.417. The normalized spacial score (nSPS) is 14.8. The van der Waals surface area contributed by atoms with Gasteiger partial charge in [-0.05, 0) is 62.6 Å². The highest BCUT2D eigenvalue weighted by molar-refractivity contribution is 7.91. The fourth-order valence-electron chi connectivity index (χ4n) is 3.89. The minimum atomic E-state index is -3.35. The van der Waals surface area contributed by atoms with Gasteiger partial charge in [-0.2, -0.15) is 0 Å². The summed E-state index contributed by atoms with van der Waals surface area (Å²) in [5.74, 6) is 0.0195. The van der Waals surface area contributed by atoms with E-state index < -0.39 is 9.84 Å². The van der Waals surface area contributed by atoms with Crippen LogP contribution in [0.2, 0.25) is 0 Å². The van der Waals surface area contributed by atoms with Crippen molar-refractivity contribution in [2.75, 3.05) is 36.8 Å². The van der Waals surface area contributed by atoms with Gasteiger partial charge in [-0.1, -0.05) is 29.0 Å². The van der Waals surface area contributed by atoms with Crippen LogP contribution in [0.25, 0.3) is 10.2 Å². The molecular weight excluding hydrogens is 442 g/mol. The molecule has 0 spiro atoms. The molecule has 2 heterocycles. The highest BCUT2D eigenvalue weighted by Crippen LogP contribution is 2.31. The molecule has 1 saturated heterocycles. The van der Waals surface area contributed by atoms with Crippen molar-refractivity contribution in [1.29, 1.82) is 0 Å². The Labute approximate surface area is 193 Å². The van der Waals surface area contributed by atoms with Crippen molar-refractivity contribution >= 4 is 42.4 Å². The molecule has 2 aromatic carbocycles. The Bertz CT molecular complexity index is 1190. The van der Waals surface area contributed by atoms with E-state index in [2.05, 4.69) is 30.9 Å². The predicted octanol–water partition coefficient (Wildman–Crippen LogP) is 4.12. The summed E-state index contributed by atoms with van der Waals surface area (Å²) in [6, 6.07) is 11.2. The molecule has 1 aliphatic rings. The Morgan fingerprint density at radius 1 is 1.00 bits per heavy atom. The summed E-state index contributed by atoms with van der Waals surface area (Å²) in [6.45, 7) is 8.90. The van der Waals surface area contributed by atoms with Crippen molar-refractivity contribution in [3.63, 3.8) is 0 Å². The molecule has 4 rings (SSSR count). The van der Waals surface area contributed by atoms with Crippen LogP contribution in [0, 0.1) is 20.8 Å². The number of fused-ring (bicyclic) bond motifs is 1. The zero-order valence-corrected chi connectivity index (χ0v) is 20.4. The third-order valence-corrected chi connectivity index (χ3v) is 8.97. The first-order chi connectivity index (χ1) is 15.2. The number of thiazole rings is 1. The van der Waals surface area contributed by atoms with Gasteiger partial charge in [0.25, 0.3) is 0 Å². The molecule has 1 aromatic heterocycles. The molecule has 0 aliphatic carbocycles. The van der Waals surface area contributed by atoms with Gasteiger partial charge in [-0.15, -0.1) is 0 Å². The molecule has 0 radical (unpaired) electrons. The number of piperazine rings is 1. The van der Waals surface area contributed by atoms with Crippen molar-refractivity contribution in [3.05, 3.63) is 53.1 Å². The molecule has 170 valence electrons. The van der Waals surface area contributed by atoms with Crippen molar-refractivity contribution in [3.8, 4) is 0 Å². The van der Waals surface area contributed by atoms with Gasteiger partial charge >= 0.3 is 0 Å². The molecular formula is C24H29N3O3S2. The lowest BCUT2D eigenvalue weighted by molar-refractivity contribution is -0.131. The molecule has 8 heteroatoms. The van der Waals surface area contributed by atoms with E-state index in [9.17, 15) is 13.2 Å². The first-order valence-electron chi connectivity index (χ1n) is 10.9. The number of carbonyl (C=O) groups excluding carboxylic acids is 1. The van der Waals surface area contributed by atoms with Crippen LogP contribution in [0.1, 0.15) is 29.5 Å². The predicted molar refractivity (Wildman–Crippen MR) is 130 cm³/mol. The lowest BCUT2D eigenvalue weighted by atomic mass is 10.1. The van der Waals surface area contributed by atoms with Crippen LogP contribution in [0.3, 0.4) is 0 Å². The molecule has 0 saturated carbocycles. The second-order valence-corrected chi connectivity index (χ2v) is 11.6. The average molecular weight is 472 g/mol. The van der Waals surface area contributed by atoms with Crippen LogP contribution in [0.5, 0.6) is 0 Å². The van der Waals surface area contributed by atoms with E-state index in [1.807, 2.05) is 11.8 Å². The quantitative estimate of drug-likeness (QED) is 0.541. The summed E-state index contributed by atoms with van der Waals surface area (Å²) >= 11 is 1.70. The number of rotatable bonds is 6. The Kier molecular flexibility index (Phi) is 6.53. The van der Waals surface area contributed by atoms with Gasteiger partial charge in [-0.25, -0.2) is 13.4 Å². The van der Waals surface area contributed by atoms with E-state index >= 15 is 0 Å². The summed E-state index contributed by atoms with van der Waals surface area (Å²) in [6.07, 6.45) is 0.594. The number of amides is 1. The van der Waals surface area contributed by atoms with Gasteiger partial charge < -0.3 is 9.80 Å². The fourth-order valence-corrected chi connectivity index (χ4v) is 6.29. The molecule has 0 N–H and O–H groups in total. The smallest absolute Gasteiger partial charge is 0.222 e. The molecule has 1 amide bonds. The molecule has 0 bridgehead atoms. The number of carbonyl (C=O) groups is 1. The lowest BCUT2D eigenvalue weighted by Gasteiger charge is -2.34. The van der Waals surface area contributed by atoms with Gasteiger partial charge in [0.05, 0.1) is 20.9 Å². The zero-order valence-electron chi connectivity index (χ0n) is 18.8. The molecule has 1 aliphatic heterocycles. The molecule has 6 nitrogen and oxygen atoms in total. The van der Waals surface area contributed by atoms with Crippen LogP contribution in [-0.4, -0.2) is 56.1 Å². The highest BCUT2D eigenvalue weighted by atomic mass is 32.2. The van der Waals surface area contributed by atoms with Crippen LogP contribution in [-0.2, 0) is 14.6 Å². The SMILES string of the molecule is Cc1ccc(S(=O)(=O)CCCC(=O)N2CCN(c3nc4cc(C)c(C)cc4s3)CC2)cc1. The number of aromatic nitrogens is 1. The molecule has 32 heavy (non-hydrogen) atoms. The van der Waals surface area contributed by atoms with Gasteiger partial charge in [0.15, 0.2) is 15.0 Å². The summed E-state index contributed by atoms with van der Waals surface area (Å²) < 4.78 is 26.2. The Balaban J connectivity index is 1.28. The summed E-state index contributed by atoms with van der Waals surface area (Å²) in [4.78, 5) is 21.8. The molecule has 0 unspecified atom stereocenters. The van der Waals surface area contributed by atoms with Crippen LogP contribution < -0.4 is 4.90 Å². The van der Waals surface area contributed by atoms with Gasteiger partial charge in [-0.3, -0.25) is 4.79 Å². The van der Waals surface area contributed by atoms with E-state index in [0.29, 0.717) is 24.4 Å². The van der Waals surface area contributed by atoms with Crippen molar-refractivity contribution < 1.29 is 13.2 Å². The standard InChI is InChI=1S/C24H29N3O3S2/c1-17-6-8-20(9-7-17)32(29,30)14-4-5-23(28)26-10-12-27(13-11-26)24-25-21-15-18(2)19(3)16-22(21)31-24/h6-9,15-16H,4-5,10-14H2,1-3H3. The first-order valence-corrected chi connectivity index (χ1v) is 13.4. The topological polar surface area (TPSA) is 70.6 Å². The number of hydrogen-bond donors (Lipinski definition) is 0. The second kappa shape index (κ2) is 9.19. The van der Waals surface area contributed by atoms with E-state index in [-0.39, 0.29) is 18.1 Å². The maximum absolute atomic E-state index is 12.6. The third kappa shape index (κ3) is 4.96. The number of sulfone groups is 1. The van der Waals surface area contributed by atoms with E-state index in [1.54, 1.807) is 35.6 Å². The maximum Gasteiger partial charge on any atom is 0.222 e. The summed E-state index contributed by atoms with van der Waals surface area (Å²) in [5, 5.41) is 1.00. The van der Waals surface area contributed by atoms with Gasteiger partial charge in [0.1, 0.15) is 0 Å². The molecule has 3 aromatic rings. The number of hydrogen-bond acceptors (Lipinski definition) is 6. The van der Waals surface area contributed by atoms with Gasteiger partial charge in [0.2, 0.25) is 5.91 Å². The molecule has 1 fully saturated rings. The van der Waals surface area contributed by atoms with Crippen molar-refractivity contribution in [2.45, 2.75) is 38.5 Å². The summed E-state index contributed by atoms with van der Waals surface area (Å²) in [7, 11) is -3.35. The minimum absolute atomic E-state index is 0.00763. The number of nitrogens with zero attached hydrogens (tertiary/aromatic N) is 3. The summed E-state index contributed by atoms with van der Waals surface area (Å²) in [5.41, 5.74) is 4.57. The van der Waals surface area contributed by atoms with Crippen molar-refractivity contribution in [1.82, 2.24) is 9.88 Å². The molecule has 0 atom stereocenters. The highest BCUT2D eigenvalue weighted by Gasteiger charge is 2.24. The van der Waals surface area contributed by atoms with Crippen molar-refractivity contribution in [2.24, 2.45) is 0 Å². The van der Waals surface area contributed by atoms with E-state index in [4.69, 9.17) is 4.98 Å². The largest absolute Gasteiger partial charge is 0.345 e. The van der Waals surface area contributed by atoms with Crippen LogP contribution in [0.4, 0.5) is 5.13 Å². The Hall–Kier alpha value is -2.45. The monoisotopic (exact) mass is 471 g/mol. The lowest BCUT2D eigenvalue weighted by Crippen LogP contribution is -2.48. The van der Waals surface area contributed by atoms with Crippen LogP contribution >= 0.6 is 11.3 Å². The zero-order chi connectivity index (χ0) is 22.9.